The van der Waals surface area contributed by atoms with E-state index in [2.05, 4.69) is 31.6 Å². The predicted octanol–water partition coefficient (Wildman–Crippen LogP) is 4.41. The molecule has 8 heteroatoms. The van der Waals surface area contributed by atoms with Crippen LogP contribution in [-0.4, -0.2) is 21.1 Å². The van der Waals surface area contributed by atoms with Gasteiger partial charge in [-0.3, -0.25) is 5.32 Å². The molecule has 0 unspecified atom stereocenters. The van der Waals surface area contributed by atoms with E-state index in [4.69, 9.17) is 16.3 Å². The van der Waals surface area contributed by atoms with E-state index < -0.39 is 12.2 Å². The van der Waals surface area contributed by atoms with Crippen molar-refractivity contribution < 1.29 is 9.53 Å². The van der Waals surface area contributed by atoms with Crippen molar-refractivity contribution in [2.45, 2.75) is 32.9 Å². The topological polar surface area (TPSA) is 69.0 Å². The summed E-state index contributed by atoms with van der Waals surface area (Å²) in [4.78, 5) is 12.0. The van der Waals surface area contributed by atoms with Crippen molar-refractivity contribution in [2.24, 2.45) is 0 Å². The first-order valence-corrected chi connectivity index (χ1v) is 8.01. The largest absolute Gasteiger partial charge is 0.441 e. The van der Waals surface area contributed by atoms with Crippen molar-refractivity contribution in [3.8, 4) is 0 Å². The molecule has 0 bridgehead atoms. The van der Waals surface area contributed by atoms with Gasteiger partial charge in [0, 0.05) is 17.1 Å². The monoisotopic (exact) mass is 386 g/mol. The lowest BCUT2D eigenvalue weighted by Crippen LogP contribution is -2.19. The van der Waals surface area contributed by atoms with Gasteiger partial charge in [-0.1, -0.05) is 41.9 Å². The van der Waals surface area contributed by atoms with E-state index in [1.165, 1.54) is 0 Å². The minimum Gasteiger partial charge on any atom is -0.441 e. The van der Waals surface area contributed by atoms with Crippen molar-refractivity contribution in [3.05, 3.63) is 39.5 Å². The summed E-state index contributed by atoms with van der Waals surface area (Å²) < 4.78 is 7.42. The zero-order chi connectivity index (χ0) is 16.1. The molecule has 1 atom stereocenters. The molecule has 0 aliphatic heterocycles. The van der Waals surface area contributed by atoms with Gasteiger partial charge in [0.2, 0.25) is 0 Å². The molecule has 1 aromatic carbocycles. The van der Waals surface area contributed by atoms with Crippen molar-refractivity contribution in [2.75, 3.05) is 5.32 Å². The number of anilines is 1. The first-order chi connectivity index (χ1) is 10.5. The fourth-order valence-corrected chi connectivity index (χ4v) is 2.60. The Morgan fingerprint density at radius 2 is 2.23 bits per heavy atom. The lowest BCUT2D eigenvalue weighted by molar-refractivity contribution is 0.121. The Kier molecular flexibility index (Phi) is 5.79. The van der Waals surface area contributed by atoms with Gasteiger partial charge < -0.3 is 4.74 Å². The second-order valence-electron chi connectivity index (χ2n) is 4.65. The third-order valence-electron chi connectivity index (χ3n) is 2.98. The Morgan fingerprint density at radius 3 is 2.91 bits per heavy atom. The van der Waals surface area contributed by atoms with Gasteiger partial charge in [0.1, 0.15) is 6.10 Å². The molecule has 1 heterocycles. The van der Waals surface area contributed by atoms with Crippen molar-refractivity contribution in [1.29, 1.82) is 0 Å². The van der Waals surface area contributed by atoms with Crippen LogP contribution in [0.5, 0.6) is 0 Å². The molecule has 1 aromatic heterocycles. The standard InChI is InChI=1S/C14H16BrClN4O2/c1-3-8-20-13(12(15)18-19-20)17-14(21)22-9(2)10-6-4-5-7-11(10)16/h4-7,9H,3,8H2,1-2H3,(H,17,21)/t9-/m1/s1. The number of hydrogen-bond acceptors (Lipinski definition) is 4. The Labute approximate surface area is 141 Å². The van der Waals surface area contributed by atoms with Gasteiger partial charge >= 0.3 is 6.09 Å². The summed E-state index contributed by atoms with van der Waals surface area (Å²) in [5.41, 5.74) is 0.749. The second kappa shape index (κ2) is 7.60. The molecule has 118 valence electrons. The number of nitrogens with one attached hydrogen (secondary N) is 1. The molecule has 0 saturated carbocycles. The van der Waals surface area contributed by atoms with Gasteiger partial charge in [-0.05, 0) is 35.3 Å². The predicted molar refractivity (Wildman–Crippen MR) is 88.0 cm³/mol. The van der Waals surface area contributed by atoms with Gasteiger partial charge in [-0.25, -0.2) is 9.48 Å². The van der Waals surface area contributed by atoms with Crippen LogP contribution in [0, 0.1) is 0 Å². The normalized spacial score (nSPS) is 12.0. The van der Waals surface area contributed by atoms with Crippen molar-refractivity contribution >= 4 is 39.4 Å². The van der Waals surface area contributed by atoms with E-state index in [0.717, 1.165) is 12.0 Å². The zero-order valence-electron chi connectivity index (χ0n) is 12.2. The number of hydrogen-bond donors (Lipinski definition) is 1. The summed E-state index contributed by atoms with van der Waals surface area (Å²) in [6, 6.07) is 7.24. The van der Waals surface area contributed by atoms with Crippen LogP contribution in [-0.2, 0) is 11.3 Å². The lowest BCUT2D eigenvalue weighted by Gasteiger charge is -2.15. The molecule has 2 rings (SSSR count). The van der Waals surface area contributed by atoms with Gasteiger partial charge in [-0.15, -0.1) is 5.10 Å². The number of aryl methyl sites for hydroxylation is 1. The first-order valence-electron chi connectivity index (χ1n) is 6.84. The first kappa shape index (κ1) is 16.8. The lowest BCUT2D eigenvalue weighted by atomic mass is 10.1. The molecule has 6 nitrogen and oxygen atoms in total. The maximum atomic E-state index is 12.0. The van der Waals surface area contributed by atoms with Gasteiger partial charge in [0.15, 0.2) is 10.4 Å². The van der Waals surface area contributed by atoms with Crippen molar-refractivity contribution in [1.82, 2.24) is 15.0 Å². The summed E-state index contributed by atoms with van der Waals surface area (Å²) in [5, 5.41) is 11.0. The third kappa shape index (κ3) is 3.98. The second-order valence-corrected chi connectivity index (χ2v) is 5.80. The number of carbonyl (C=O) groups excluding carboxylic acids is 1. The molecule has 1 N–H and O–H groups in total. The fourth-order valence-electron chi connectivity index (χ4n) is 1.93. The molecule has 0 aliphatic rings. The molecule has 0 aliphatic carbocycles. The number of ether oxygens (including phenoxy) is 1. The molecule has 0 saturated heterocycles. The van der Waals surface area contributed by atoms with Crippen molar-refractivity contribution in [3.63, 3.8) is 0 Å². The Balaban J connectivity index is 2.04. The van der Waals surface area contributed by atoms with Crippen LogP contribution in [0.25, 0.3) is 0 Å². The molecule has 0 spiro atoms. The van der Waals surface area contributed by atoms with Crippen LogP contribution in [0.15, 0.2) is 28.9 Å². The number of carbonyl (C=O) groups is 1. The third-order valence-corrected chi connectivity index (χ3v) is 3.86. The Hall–Kier alpha value is -1.60. The molecular weight excluding hydrogens is 372 g/mol. The van der Waals surface area contributed by atoms with E-state index in [9.17, 15) is 4.79 Å². The number of halogens is 2. The maximum absolute atomic E-state index is 12.0. The highest BCUT2D eigenvalue weighted by molar-refractivity contribution is 9.10. The van der Waals surface area contributed by atoms with Crippen LogP contribution in [0.4, 0.5) is 10.6 Å². The van der Waals surface area contributed by atoms with Crippen LogP contribution in [0.2, 0.25) is 5.02 Å². The van der Waals surface area contributed by atoms with Crippen LogP contribution >= 0.6 is 27.5 Å². The smallest absolute Gasteiger partial charge is 0.413 e. The number of rotatable bonds is 5. The highest BCUT2D eigenvalue weighted by Gasteiger charge is 2.18. The molecular formula is C14H16BrClN4O2. The summed E-state index contributed by atoms with van der Waals surface area (Å²) in [5.74, 6) is 0.471. The molecule has 22 heavy (non-hydrogen) atoms. The summed E-state index contributed by atoms with van der Waals surface area (Å²) in [6.07, 6.45) is -0.189. The van der Waals surface area contributed by atoms with Crippen LogP contribution in [0.3, 0.4) is 0 Å². The number of amides is 1. The average Bonchev–Trinajstić information content (AvgIpc) is 2.81. The summed E-state index contributed by atoms with van der Waals surface area (Å²) >= 11 is 9.35. The van der Waals surface area contributed by atoms with E-state index in [0.29, 0.717) is 22.0 Å². The quantitative estimate of drug-likeness (QED) is 0.825. The molecule has 0 fully saturated rings. The minimum atomic E-state index is -0.590. The average molecular weight is 388 g/mol. The fraction of sp³-hybridized carbons (Fsp3) is 0.357. The van der Waals surface area contributed by atoms with Gasteiger partial charge in [0.05, 0.1) is 0 Å². The number of nitrogens with zero attached hydrogens (tertiary/aromatic N) is 3. The Bertz CT molecular complexity index is 662. The van der Waals surface area contributed by atoms with E-state index in [-0.39, 0.29) is 0 Å². The Morgan fingerprint density at radius 1 is 1.50 bits per heavy atom. The molecule has 0 radical (unpaired) electrons. The highest BCUT2D eigenvalue weighted by Crippen LogP contribution is 2.26. The highest BCUT2D eigenvalue weighted by atomic mass is 79.9. The SMILES string of the molecule is CCCn1nnc(Br)c1NC(=O)O[C@H](C)c1ccccc1Cl. The number of aromatic nitrogens is 3. The number of benzene rings is 1. The summed E-state index contributed by atoms with van der Waals surface area (Å²) in [7, 11) is 0. The van der Waals surface area contributed by atoms with Crippen LogP contribution < -0.4 is 5.32 Å². The zero-order valence-corrected chi connectivity index (χ0v) is 14.6. The summed E-state index contributed by atoms with van der Waals surface area (Å²) in [6.45, 7) is 4.42. The van der Waals surface area contributed by atoms with Gasteiger partial charge in [0.25, 0.3) is 0 Å². The van der Waals surface area contributed by atoms with E-state index >= 15 is 0 Å². The minimum absolute atomic E-state index is 0.461. The maximum Gasteiger partial charge on any atom is 0.413 e. The molecule has 2 aromatic rings. The van der Waals surface area contributed by atoms with Gasteiger partial charge in [-0.2, -0.15) is 0 Å². The van der Waals surface area contributed by atoms with E-state index in [1.54, 1.807) is 17.7 Å². The van der Waals surface area contributed by atoms with Crippen LogP contribution in [0.1, 0.15) is 31.9 Å². The van der Waals surface area contributed by atoms with E-state index in [1.807, 2.05) is 25.1 Å². The molecule has 1 amide bonds.